The summed E-state index contributed by atoms with van der Waals surface area (Å²) in [5.74, 6) is -2.28. The van der Waals surface area contributed by atoms with Crippen molar-refractivity contribution in [2.24, 2.45) is 5.73 Å². The molecule has 130 valence electrons. The van der Waals surface area contributed by atoms with Crippen LogP contribution in [0.15, 0.2) is 48.5 Å². The predicted octanol–water partition coefficient (Wildman–Crippen LogP) is 1.19. The Morgan fingerprint density at radius 2 is 1.72 bits per heavy atom. The summed E-state index contributed by atoms with van der Waals surface area (Å²) in [4.78, 5) is 35.7. The molecule has 0 unspecified atom stereocenters. The lowest BCUT2D eigenvalue weighted by Gasteiger charge is -2.10. The Kier molecular flexibility index (Phi) is 6.25. The Balaban J connectivity index is 1.99. The van der Waals surface area contributed by atoms with Crippen LogP contribution in [0.4, 0.5) is 5.69 Å². The van der Waals surface area contributed by atoms with E-state index < -0.39 is 17.8 Å². The van der Waals surface area contributed by atoms with Gasteiger partial charge in [-0.25, -0.2) is 4.79 Å². The minimum atomic E-state index is -0.869. The molecule has 7 heteroatoms. The van der Waals surface area contributed by atoms with Gasteiger partial charge in [-0.2, -0.15) is 0 Å². The summed E-state index contributed by atoms with van der Waals surface area (Å²) in [5.41, 5.74) is 7.71. The Labute approximate surface area is 145 Å². The molecule has 7 nitrogen and oxygen atoms in total. The number of carbonyl (C=O) groups is 3. The number of rotatable bonds is 5. The van der Waals surface area contributed by atoms with E-state index in [2.05, 4.69) is 15.4 Å². The van der Waals surface area contributed by atoms with E-state index in [1.165, 1.54) is 19.2 Å². The smallest absolute Gasteiger partial charge is 0.339 e. The van der Waals surface area contributed by atoms with Gasteiger partial charge >= 0.3 is 17.8 Å². The van der Waals surface area contributed by atoms with Crippen molar-refractivity contribution in [3.63, 3.8) is 0 Å². The second kappa shape index (κ2) is 8.60. The van der Waals surface area contributed by atoms with E-state index >= 15 is 0 Å². The van der Waals surface area contributed by atoms with Crippen LogP contribution >= 0.6 is 0 Å². The fourth-order valence-electron chi connectivity index (χ4n) is 2.19. The van der Waals surface area contributed by atoms with Gasteiger partial charge in [0, 0.05) is 13.1 Å². The number of benzene rings is 2. The first-order valence-electron chi connectivity index (χ1n) is 7.59. The summed E-state index contributed by atoms with van der Waals surface area (Å²) in [6, 6.07) is 13.7. The van der Waals surface area contributed by atoms with Crippen LogP contribution in [0.1, 0.15) is 21.5 Å². The molecule has 0 aliphatic rings. The second-order valence-electron chi connectivity index (χ2n) is 5.20. The maximum atomic E-state index is 12.0. The quantitative estimate of drug-likeness (QED) is 0.559. The number of hydrogen-bond donors (Lipinski definition) is 3. The summed E-state index contributed by atoms with van der Waals surface area (Å²) in [6.07, 6.45) is 0. The van der Waals surface area contributed by atoms with Crippen molar-refractivity contribution >= 4 is 23.5 Å². The summed E-state index contributed by atoms with van der Waals surface area (Å²) in [5, 5.41) is 4.94. The molecule has 0 spiro atoms. The average molecular weight is 341 g/mol. The molecule has 0 aromatic heterocycles. The number of amides is 2. The molecule has 0 aliphatic carbocycles. The van der Waals surface area contributed by atoms with Gasteiger partial charge in [0.1, 0.15) is 0 Å². The first-order chi connectivity index (χ1) is 12.0. The monoisotopic (exact) mass is 341 g/mol. The number of hydrogen-bond acceptors (Lipinski definition) is 5. The molecule has 2 amide bonds. The topological polar surface area (TPSA) is 111 Å². The first-order valence-corrected chi connectivity index (χ1v) is 7.59. The van der Waals surface area contributed by atoms with E-state index in [0.29, 0.717) is 6.54 Å². The first kappa shape index (κ1) is 18.2. The molecular weight excluding hydrogens is 322 g/mol. The molecule has 2 aromatic rings. The van der Waals surface area contributed by atoms with E-state index in [9.17, 15) is 14.4 Å². The normalized spacial score (nSPS) is 10.0. The largest absolute Gasteiger partial charge is 0.465 e. The van der Waals surface area contributed by atoms with Gasteiger partial charge in [-0.1, -0.05) is 36.4 Å². The van der Waals surface area contributed by atoms with E-state index in [1.807, 2.05) is 24.3 Å². The van der Waals surface area contributed by atoms with Crippen LogP contribution in [-0.4, -0.2) is 24.9 Å². The van der Waals surface area contributed by atoms with Crippen molar-refractivity contribution in [3.8, 4) is 0 Å². The van der Waals surface area contributed by atoms with Gasteiger partial charge in [0.15, 0.2) is 0 Å². The van der Waals surface area contributed by atoms with Gasteiger partial charge in [-0.3, -0.25) is 9.59 Å². The molecule has 0 bridgehead atoms. The fraction of sp³-hybridized carbons (Fsp3) is 0.167. The lowest BCUT2D eigenvalue weighted by Crippen LogP contribution is -2.35. The molecule has 0 saturated carbocycles. The van der Waals surface area contributed by atoms with Crippen LogP contribution in [0.2, 0.25) is 0 Å². The summed E-state index contributed by atoms with van der Waals surface area (Å²) in [6.45, 7) is 0.589. The number of anilines is 1. The number of esters is 1. The third kappa shape index (κ3) is 4.89. The SMILES string of the molecule is COC(=O)c1ccccc1NC(=O)C(=O)NCc1cccc(CN)c1. The highest BCUT2D eigenvalue weighted by molar-refractivity contribution is 6.39. The Bertz CT molecular complexity index is 789. The van der Waals surface area contributed by atoms with Crippen LogP contribution in [0.25, 0.3) is 0 Å². The highest BCUT2D eigenvalue weighted by Gasteiger charge is 2.17. The average Bonchev–Trinajstić information content (AvgIpc) is 2.66. The van der Waals surface area contributed by atoms with Crippen molar-refractivity contribution in [2.45, 2.75) is 13.1 Å². The molecule has 0 saturated heterocycles. The molecule has 0 fully saturated rings. The van der Waals surface area contributed by atoms with Crippen LogP contribution in [0, 0.1) is 0 Å². The number of nitrogens with two attached hydrogens (primary N) is 1. The number of methoxy groups -OCH3 is 1. The molecule has 2 aromatic carbocycles. The van der Waals surface area contributed by atoms with Crippen molar-refractivity contribution in [2.75, 3.05) is 12.4 Å². The molecule has 0 atom stereocenters. The predicted molar refractivity (Wildman–Crippen MR) is 92.6 cm³/mol. The number of ether oxygens (including phenoxy) is 1. The van der Waals surface area contributed by atoms with Crippen molar-refractivity contribution in [1.82, 2.24) is 5.32 Å². The van der Waals surface area contributed by atoms with Crippen LogP contribution in [-0.2, 0) is 27.4 Å². The lowest BCUT2D eigenvalue weighted by molar-refractivity contribution is -0.136. The van der Waals surface area contributed by atoms with Gasteiger partial charge in [0.05, 0.1) is 18.4 Å². The molecule has 0 radical (unpaired) electrons. The zero-order valence-corrected chi connectivity index (χ0v) is 13.7. The van der Waals surface area contributed by atoms with E-state index in [-0.39, 0.29) is 17.8 Å². The Hall–Kier alpha value is -3.19. The molecular formula is C18H19N3O4. The minimum absolute atomic E-state index is 0.168. The fourth-order valence-corrected chi connectivity index (χ4v) is 2.19. The Morgan fingerprint density at radius 3 is 2.44 bits per heavy atom. The standard InChI is InChI=1S/C18H19N3O4/c1-25-18(24)14-7-2-3-8-15(14)21-17(23)16(22)20-11-13-6-4-5-12(9-13)10-19/h2-9H,10-11,19H2,1H3,(H,20,22)(H,21,23). The summed E-state index contributed by atoms with van der Waals surface area (Å²) >= 11 is 0. The highest BCUT2D eigenvalue weighted by Crippen LogP contribution is 2.15. The summed E-state index contributed by atoms with van der Waals surface area (Å²) in [7, 11) is 1.24. The number of carbonyl (C=O) groups excluding carboxylic acids is 3. The zero-order chi connectivity index (χ0) is 18.2. The lowest BCUT2D eigenvalue weighted by atomic mass is 10.1. The van der Waals surface area contributed by atoms with E-state index in [1.54, 1.807) is 12.1 Å². The van der Waals surface area contributed by atoms with E-state index in [4.69, 9.17) is 5.73 Å². The third-order valence-electron chi connectivity index (χ3n) is 3.47. The van der Waals surface area contributed by atoms with Crippen LogP contribution in [0.5, 0.6) is 0 Å². The van der Waals surface area contributed by atoms with Gasteiger partial charge in [0.2, 0.25) is 0 Å². The van der Waals surface area contributed by atoms with Gasteiger partial charge in [-0.05, 0) is 23.3 Å². The minimum Gasteiger partial charge on any atom is -0.465 e. The zero-order valence-electron chi connectivity index (χ0n) is 13.7. The van der Waals surface area contributed by atoms with Gasteiger partial charge in [-0.15, -0.1) is 0 Å². The highest BCUT2D eigenvalue weighted by atomic mass is 16.5. The van der Waals surface area contributed by atoms with Gasteiger partial charge < -0.3 is 21.1 Å². The maximum Gasteiger partial charge on any atom is 0.339 e. The molecule has 2 rings (SSSR count). The summed E-state index contributed by atoms with van der Waals surface area (Å²) < 4.78 is 4.65. The Morgan fingerprint density at radius 1 is 1.00 bits per heavy atom. The van der Waals surface area contributed by atoms with E-state index in [0.717, 1.165) is 11.1 Å². The molecule has 4 N–H and O–H groups in total. The molecule has 0 heterocycles. The van der Waals surface area contributed by atoms with Crippen LogP contribution < -0.4 is 16.4 Å². The van der Waals surface area contributed by atoms with Crippen molar-refractivity contribution in [1.29, 1.82) is 0 Å². The number of nitrogens with one attached hydrogen (secondary N) is 2. The molecule has 0 aliphatic heterocycles. The second-order valence-corrected chi connectivity index (χ2v) is 5.20. The van der Waals surface area contributed by atoms with Gasteiger partial charge in [0.25, 0.3) is 0 Å². The van der Waals surface area contributed by atoms with Crippen molar-refractivity contribution in [3.05, 3.63) is 65.2 Å². The maximum absolute atomic E-state index is 12.0. The number of para-hydroxylation sites is 1. The third-order valence-corrected chi connectivity index (χ3v) is 3.47. The molecule has 25 heavy (non-hydrogen) atoms. The van der Waals surface area contributed by atoms with Crippen molar-refractivity contribution < 1.29 is 19.1 Å². The van der Waals surface area contributed by atoms with Crippen LogP contribution in [0.3, 0.4) is 0 Å².